The highest BCUT2D eigenvalue weighted by Gasteiger charge is 2.27. The Kier molecular flexibility index (Phi) is 10.0. The second-order valence-electron chi connectivity index (χ2n) is 11.1. The van der Waals surface area contributed by atoms with Crippen molar-refractivity contribution < 1.29 is 24.9 Å². The summed E-state index contributed by atoms with van der Waals surface area (Å²) in [6, 6.07) is 0. The van der Waals surface area contributed by atoms with Gasteiger partial charge in [-0.15, -0.1) is 0 Å². The molecule has 0 unspecified atom stereocenters. The van der Waals surface area contributed by atoms with Crippen molar-refractivity contribution in [2.75, 3.05) is 0 Å². The molecule has 0 radical (unpaired) electrons. The molecule has 0 amide bonds. The van der Waals surface area contributed by atoms with Gasteiger partial charge in [0.05, 0.1) is 69.3 Å². The van der Waals surface area contributed by atoms with Crippen LogP contribution in [0.4, 0.5) is 0 Å². The summed E-state index contributed by atoms with van der Waals surface area (Å²) < 4.78 is 2.54. The van der Waals surface area contributed by atoms with Crippen molar-refractivity contribution in [3.8, 4) is 0 Å². The molecule has 240 valence electrons. The van der Waals surface area contributed by atoms with Crippen LogP contribution in [0.5, 0.6) is 0 Å². The van der Waals surface area contributed by atoms with Crippen molar-refractivity contribution >= 4 is 120 Å². The molecule has 2 aliphatic heterocycles. The lowest BCUT2D eigenvalue weighted by Gasteiger charge is -2.06. The molecule has 0 atom stereocenters. The monoisotopic (exact) mass is 878 g/mol. The number of carbonyl (C=O) groups is 2. The highest BCUT2D eigenvalue weighted by atomic mass is 79.9. The van der Waals surface area contributed by atoms with Crippen LogP contribution in [0.1, 0.15) is 78.1 Å². The standard InChI is InChI=1S/C33H30Br4N4O5/c1-6-16-12(2)26-22(34)27-13(3)17(7-9-20(43)44)31(39-27)25(37)32-18(8-10-21(45)46)14(4)28(40-32)24(36)33-19(11-42)15(5)29(41-33)23(35)30(16)38-26/h6,39,41-42H,1,7-11H2,2-5H3,(H,43,44)(H,45,46). The second-order valence-corrected chi connectivity index (χ2v) is 14.3. The average molecular weight is 882 g/mol. The number of allylic oxidation sites excluding steroid dienone is 5. The number of aliphatic hydroxyl groups is 1. The minimum atomic E-state index is -0.937. The van der Waals surface area contributed by atoms with Gasteiger partial charge in [0.1, 0.15) is 0 Å². The van der Waals surface area contributed by atoms with Gasteiger partial charge in [0.15, 0.2) is 0 Å². The largest absolute Gasteiger partial charge is 0.481 e. The summed E-state index contributed by atoms with van der Waals surface area (Å²) in [5.74, 6) is -1.86. The van der Waals surface area contributed by atoms with E-state index in [1.807, 2.05) is 27.7 Å². The molecule has 0 saturated heterocycles. The Bertz CT molecular complexity index is 2110. The summed E-state index contributed by atoms with van der Waals surface area (Å²) in [7, 11) is 0. The van der Waals surface area contributed by atoms with E-state index >= 15 is 0 Å². The van der Waals surface area contributed by atoms with Crippen molar-refractivity contribution in [1.29, 1.82) is 0 Å². The van der Waals surface area contributed by atoms with Crippen LogP contribution in [-0.2, 0) is 22.6 Å². The molecule has 5 heterocycles. The zero-order valence-electron chi connectivity index (χ0n) is 25.4. The molecule has 13 heteroatoms. The molecule has 0 spiro atoms. The summed E-state index contributed by atoms with van der Waals surface area (Å²) in [5.41, 5.74) is 11.5. The smallest absolute Gasteiger partial charge is 0.303 e. The predicted molar refractivity (Wildman–Crippen MR) is 195 cm³/mol. The highest BCUT2D eigenvalue weighted by Crippen LogP contribution is 2.45. The number of halogens is 4. The zero-order chi connectivity index (χ0) is 33.8. The molecule has 0 fully saturated rings. The third-order valence-electron chi connectivity index (χ3n) is 8.56. The maximum absolute atomic E-state index is 11.7. The fourth-order valence-electron chi connectivity index (χ4n) is 6.00. The molecule has 3 aromatic heterocycles. The molecule has 0 saturated carbocycles. The molecule has 0 aromatic carbocycles. The van der Waals surface area contributed by atoms with Crippen LogP contribution in [0.2, 0.25) is 0 Å². The first-order valence-electron chi connectivity index (χ1n) is 14.3. The summed E-state index contributed by atoms with van der Waals surface area (Å²) in [6.07, 6.45) is 2.02. The molecule has 8 bridgehead atoms. The SMILES string of the molecule is C=CC1=C(C)c2nc1c(Br)c1[nH]c(c(Br)c3nc(c(Br)c4[nH]c(c(C)c4CCC(=O)O)c2Br)C(CCC(=O)O)=C3C)c(CO)c1C. The number of rotatable bonds is 8. The van der Waals surface area contributed by atoms with Gasteiger partial charge >= 0.3 is 11.9 Å². The van der Waals surface area contributed by atoms with E-state index in [0.717, 1.165) is 50.0 Å². The van der Waals surface area contributed by atoms with E-state index in [2.05, 4.69) is 80.3 Å². The Morgan fingerprint density at radius 3 is 1.72 bits per heavy atom. The quantitative estimate of drug-likeness (QED) is 0.151. The topological polar surface area (TPSA) is 152 Å². The Hall–Kier alpha value is -2.84. The van der Waals surface area contributed by atoms with Gasteiger partial charge in [-0.05, 0) is 138 Å². The summed E-state index contributed by atoms with van der Waals surface area (Å²) in [4.78, 5) is 40.5. The second kappa shape index (κ2) is 13.3. The number of hydrogen-bond acceptors (Lipinski definition) is 5. The van der Waals surface area contributed by atoms with Crippen LogP contribution in [0.15, 0.2) is 30.5 Å². The normalized spacial score (nSPS) is 13.2. The van der Waals surface area contributed by atoms with Crippen molar-refractivity contribution in [3.63, 3.8) is 0 Å². The molecule has 5 rings (SSSR count). The zero-order valence-corrected chi connectivity index (χ0v) is 31.7. The van der Waals surface area contributed by atoms with E-state index in [1.165, 1.54) is 0 Å². The van der Waals surface area contributed by atoms with Crippen LogP contribution in [-0.4, -0.2) is 47.2 Å². The molecule has 3 aromatic rings. The number of hydrogen-bond donors (Lipinski definition) is 5. The van der Waals surface area contributed by atoms with E-state index in [4.69, 9.17) is 9.97 Å². The van der Waals surface area contributed by atoms with E-state index in [-0.39, 0.29) is 32.3 Å². The Balaban J connectivity index is 2.09. The first-order valence-corrected chi connectivity index (χ1v) is 17.5. The number of aromatic amines is 2. The van der Waals surface area contributed by atoms with Crippen molar-refractivity contribution in [1.82, 2.24) is 19.9 Å². The van der Waals surface area contributed by atoms with Gasteiger partial charge in [0.2, 0.25) is 0 Å². The van der Waals surface area contributed by atoms with Gasteiger partial charge in [-0.1, -0.05) is 12.7 Å². The number of aliphatic hydroxyl groups excluding tert-OH is 1. The lowest BCUT2D eigenvalue weighted by molar-refractivity contribution is -0.137. The average Bonchev–Trinajstić information content (AvgIpc) is 3.73. The highest BCUT2D eigenvalue weighted by molar-refractivity contribution is 9.11. The molecule has 9 nitrogen and oxygen atoms in total. The minimum absolute atomic E-state index is 0.0918. The van der Waals surface area contributed by atoms with Crippen molar-refractivity contribution in [2.45, 2.75) is 60.0 Å². The van der Waals surface area contributed by atoms with Crippen LogP contribution in [0, 0.1) is 13.8 Å². The van der Waals surface area contributed by atoms with Gasteiger partial charge in [-0.25, -0.2) is 9.97 Å². The Morgan fingerprint density at radius 1 is 0.696 bits per heavy atom. The van der Waals surface area contributed by atoms with E-state index in [9.17, 15) is 24.9 Å². The fraction of sp³-hybridized carbons (Fsp3) is 0.273. The number of fused-ring (bicyclic) bond motifs is 8. The third kappa shape index (κ3) is 5.78. The van der Waals surface area contributed by atoms with E-state index in [1.54, 1.807) is 6.08 Å². The van der Waals surface area contributed by atoms with E-state index < -0.39 is 11.9 Å². The number of nitrogens with one attached hydrogen (secondary N) is 2. The van der Waals surface area contributed by atoms with Gasteiger partial charge in [-0.3, -0.25) is 9.59 Å². The number of aromatic nitrogens is 4. The van der Waals surface area contributed by atoms with Crippen molar-refractivity contribution in [2.24, 2.45) is 0 Å². The fourth-order valence-corrected chi connectivity index (χ4v) is 8.88. The first kappa shape index (κ1) is 34.5. The van der Waals surface area contributed by atoms with Gasteiger partial charge in [0, 0.05) is 24.0 Å². The number of H-pyrrole nitrogens is 2. The number of carboxylic acid groups (broad SMARTS) is 2. The molecular weight excluding hydrogens is 852 g/mol. The van der Waals surface area contributed by atoms with E-state index in [0.29, 0.717) is 57.3 Å². The summed E-state index contributed by atoms with van der Waals surface area (Å²) in [6.45, 7) is 11.5. The van der Waals surface area contributed by atoms with Crippen LogP contribution >= 0.6 is 63.7 Å². The van der Waals surface area contributed by atoms with Gasteiger partial charge in [-0.2, -0.15) is 0 Å². The number of aliphatic carboxylic acids is 2. The predicted octanol–water partition coefficient (Wildman–Crippen LogP) is 9.40. The lowest BCUT2D eigenvalue weighted by Crippen LogP contribution is -1.99. The van der Waals surface area contributed by atoms with Gasteiger partial charge < -0.3 is 25.3 Å². The number of nitrogens with zero attached hydrogens (tertiary/aromatic N) is 2. The maximum atomic E-state index is 11.7. The summed E-state index contributed by atoms with van der Waals surface area (Å²) in [5, 5.41) is 29.7. The maximum Gasteiger partial charge on any atom is 0.303 e. The van der Waals surface area contributed by atoms with Crippen molar-refractivity contribution in [3.05, 3.63) is 75.6 Å². The van der Waals surface area contributed by atoms with Crippen LogP contribution in [0.3, 0.4) is 0 Å². The third-order valence-corrected chi connectivity index (χ3v) is 11.7. The number of aryl methyl sites for hydroxylation is 3. The Labute approximate surface area is 298 Å². The van der Waals surface area contributed by atoms with Gasteiger partial charge in [0.25, 0.3) is 0 Å². The molecule has 0 aliphatic carbocycles. The minimum Gasteiger partial charge on any atom is -0.481 e. The Morgan fingerprint density at radius 2 is 1.15 bits per heavy atom. The van der Waals surface area contributed by atoms with Crippen LogP contribution < -0.4 is 0 Å². The lowest BCUT2D eigenvalue weighted by atomic mass is 10.00. The number of carboxylic acids is 2. The van der Waals surface area contributed by atoms with Crippen LogP contribution in [0.25, 0.3) is 44.4 Å². The summed E-state index contributed by atoms with van der Waals surface area (Å²) >= 11 is 15.2. The molecule has 5 N–H and O–H groups in total. The first-order chi connectivity index (χ1) is 21.7. The molecule has 46 heavy (non-hydrogen) atoms. The molecular formula is C33H30Br4N4O5. The molecule has 2 aliphatic rings.